The molecule has 184 valence electrons. The van der Waals surface area contributed by atoms with Crippen LogP contribution in [-0.4, -0.2) is 52.9 Å². The molecular formula is C25H28FN5O3S. The van der Waals surface area contributed by atoms with Gasteiger partial charge in [-0.2, -0.15) is 0 Å². The molecular weight excluding hydrogens is 469 g/mol. The molecule has 0 spiro atoms. The maximum Gasteiger partial charge on any atom is 0.274 e. The highest BCUT2D eigenvalue weighted by atomic mass is 32.1. The molecule has 3 aromatic rings. The van der Waals surface area contributed by atoms with E-state index in [1.54, 1.807) is 29.7 Å². The zero-order valence-electron chi connectivity index (χ0n) is 19.7. The van der Waals surface area contributed by atoms with Crippen molar-refractivity contribution in [1.82, 2.24) is 14.9 Å². The second-order valence-corrected chi connectivity index (χ2v) is 10.9. The standard InChI is InChI=1S/C25H28FN5O3S/c1-13(2)34-21-10-19-22(35-25(29-19)30-11-14-5-6-15(12-30)27-14)8-16(21)23(32)28-18-4-3-7-31(24(18)33)20-9-17(20)26/h3-4,7-8,10,13-15,17,20,27H,5-6,9,11-12H2,1-2H3,(H,28,32)/t14?,15?,17-,20+/m1/s1. The van der Waals surface area contributed by atoms with Gasteiger partial charge in [0.05, 0.1) is 27.9 Å². The number of nitrogens with zero attached hydrogens (tertiary/aromatic N) is 3. The summed E-state index contributed by atoms with van der Waals surface area (Å²) in [6.07, 6.45) is 3.10. The van der Waals surface area contributed by atoms with E-state index < -0.39 is 23.7 Å². The fraction of sp³-hybridized carbons (Fsp3) is 0.480. The van der Waals surface area contributed by atoms with E-state index in [2.05, 4.69) is 15.5 Å². The molecule has 4 atom stereocenters. The number of aromatic nitrogens is 2. The van der Waals surface area contributed by atoms with Crippen molar-refractivity contribution in [3.8, 4) is 5.75 Å². The topological polar surface area (TPSA) is 88.5 Å². The summed E-state index contributed by atoms with van der Waals surface area (Å²) in [7, 11) is 0. The van der Waals surface area contributed by atoms with Crippen molar-refractivity contribution in [2.75, 3.05) is 23.3 Å². The smallest absolute Gasteiger partial charge is 0.274 e. The highest BCUT2D eigenvalue weighted by molar-refractivity contribution is 7.22. The van der Waals surface area contributed by atoms with E-state index in [9.17, 15) is 14.0 Å². The molecule has 3 aliphatic rings. The minimum atomic E-state index is -1.02. The first-order valence-electron chi connectivity index (χ1n) is 12.1. The van der Waals surface area contributed by atoms with Gasteiger partial charge < -0.3 is 24.8 Å². The number of carbonyl (C=O) groups excluding carboxylic acids is 1. The quantitative estimate of drug-likeness (QED) is 0.540. The molecule has 2 saturated heterocycles. The summed E-state index contributed by atoms with van der Waals surface area (Å²) >= 11 is 1.56. The summed E-state index contributed by atoms with van der Waals surface area (Å²) in [5, 5.41) is 7.31. The molecule has 0 radical (unpaired) electrons. The lowest BCUT2D eigenvalue weighted by atomic mass is 10.1. The zero-order valence-corrected chi connectivity index (χ0v) is 20.5. The maximum absolute atomic E-state index is 13.5. The molecule has 1 aromatic carbocycles. The zero-order chi connectivity index (χ0) is 24.3. The second-order valence-electron chi connectivity index (χ2n) is 9.93. The summed E-state index contributed by atoms with van der Waals surface area (Å²) in [5.41, 5.74) is 0.833. The first kappa shape index (κ1) is 22.5. The van der Waals surface area contributed by atoms with E-state index in [1.807, 2.05) is 19.9 Å². The van der Waals surface area contributed by atoms with Crippen molar-refractivity contribution < 1.29 is 13.9 Å². The van der Waals surface area contributed by atoms with Crippen LogP contribution in [0.25, 0.3) is 10.2 Å². The lowest BCUT2D eigenvalue weighted by Gasteiger charge is -2.32. The Kier molecular flexibility index (Phi) is 5.52. The predicted octanol–water partition coefficient (Wildman–Crippen LogP) is 3.72. The van der Waals surface area contributed by atoms with Crippen LogP contribution in [0, 0.1) is 0 Å². The summed E-state index contributed by atoms with van der Waals surface area (Å²) in [6.45, 7) is 5.65. The van der Waals surface area contributed by atoms with Crippen LogP contribution >= 0.6 is 11.3 Å². The van der Waals surface area contributed by atoms with Crippen LogP contribution in [0.2, 0.25) is 0 Å². The SMILES string of the molecule is CC(C)Oc1cc2nc(N3CC4CCC(C3)N4)sc2cc1C(=O)Nc1cccn([C@H]2C[C@H]2F)c1=O. The number of pyridine rings is 1. The molecule has 10 heteroatoms. The minimum Gasteiger partial charge on any atom is -0.490 e. The Bertz CT molecular complexity index is 1340. The van der Waals surface area contributed by atoms with Gasteiger partial charge in [-0.3, -0.25) is 9.59 Å². The number of piperazine rings is 1. The largest absolute Gasteiger partial charge is 0.490 e. The highest BCUT2D eigenvalue weighted by Gasteiger charge is 2.40. The van der Waals surface area contributed by atoms with Gasteiger partial charge in [0.2, 0.25) is 0 Å². The molecule has 2 unspecified atom stereocenters. The van der Waals surface area contributed by atoms with Gasteiger partial charge >= 0.3 is 0 Å². The number of fused-ring (bicyclic) bond motifs is 3. The van der Waals surface area contributed by atoms with Crippen LogP contribution < -0.4 is 25.8 Å². The normalized spacial score (nSPS) is 25.3. The van der Waals surface area contributed by atoms with Gasteiger partial charge in [0, 0.05) is 43.9 Å². The molecule has 1 amide bonds. The minimum absolute atomic E-state index is 0.119. The molecule has 2 aromatic heterocycles. The molecule has 35 heavy (non-hydrogen) atoms. The molecule has 8 nitrogen and oxygen atoms in total. The van der Waals surface area contributed by atoms with Crippen molar-refractivity contribution in [1.29, 1.82) is 0 Å². The molecule has 3 fully saturated rings. The summed E-state index contributed by atoms with van der Waals surface area (Å²) < 4.78 is 21.7. The number of hydrogen-bond acceptors (Lipinski definition) is 7. The van der Waals surface area contributed by atoms with Crippen molar-refractivity contribution >= 4 is 38.3 Å². The Labute approximate surface area is 206 Å². The van der Waals surface area contributed by atoms with Crippen LogP contribution in [-0.2, 0) is 0 Å². The number of halogens is 1. The second kappa shape index (κ2) is 8.60. The number of anilines is 2. The Balaban J connectivity index is 1.32. The number of alkyl halides is 1. The van der Waals surface area contributed by atoms with Gasteiger partial charge in [-0.15, -0.1) is 0 Å². The number of ether oxygens (including phenoxy) is 1. The van der Waals surface area contributed by atoms with E-state index in [-0.39, 0.29) is 11.8 Å². The van der Waals surface area contributed by atoms with E-state index in [4.69, 9.17) is 9.72 Å². The van der Waals surface area contributed by atoms with Crippen molar-refractivity contribution in [2.45, 2.75) is 63.5 Å². The number of carbonyl (C=O) groups is 1. The van der Waals surface area contributed by atoms with Gasteiger partial charge in [-0.25, -0.2) is 9.37 Å². The van der Waals surface area contributed by atoms with Crippen LogP contribution in [0.4, 0.5) is 15.2 Å². The monoisotopic (exact) mass is 497 g/mol. The number of rotatable bonds is 6. The van der Waals surface area contributed by atoms with Crippen molar-refractivity contribution in [2.24, 2.45) is 0 Å². The van der Waals surface area contributed by atoms with E-state index in [0.717, 1.165) is 28.4 Å². The molecule has 2 bridgehead atoms. The fourth-order valence-corrected chi connectivity index (χ4v) is 6.06. The van der Waals surface area contributed by atoms with E-state index >= 15 is 0 Å². The molecule has 2 aliphatic heterocycles. The first-order valence-corrected chi connectivity index (χ1v) is 13.0. The maximum atomic E-state index is 13.5. The number of thiazole rings is 1. The van der Waals surface area contributed by atoms with E-state index in [0.29, 0.717) is 29.8 Å². The molecule has 6 rings (SSSR count). The fourth-order valence-electron chi connectivity index (χ4n) is 5.06. The Hall–Kier alpha value is -2.98. The molecule has 1 aliphatic carbocycles. The summed E-state index contributed by atoms with van der Waals surface area (Å²) in [5.74, 6) is -0.0235. The third kappa shape index (κ3) is 4.29. The number of benzene rings is 1. The van der Waals surface area contributed by atoms with Crippen LogP contribution in [0.15, 0.2) is 35.3 Å². The number of nitrogens with one attached hydrogen (secondary N) is 2. The van der Waals surface area contributed by atoms with Gasteiger partial charge in [-0.05, 0) is 44.9 Å². The van der Waals surface area contributed by atoms with Gasteiger partial charge in [0.15, 0.2) is 5.13 Å². The Morgan fingerprint density at radius 2 is 2.03 bits per heavy atom. The molecule has 4 heterocycles. The molecule has 1 saturated carbocycles. The van der Waals surface area contributed by atoms with Crippen LogP contribution in [0.3, 0.4) is 0 Å². The predicted molar refractivity (Wildman–Crippen MR) is 135 cm³/mol. The van der Waals surface area contributed by atoms with Gasteiger partial charge in [0.1, 0.15) is 17.6 Å². The molecule has 2 N–H and O–H groups in total. The van der Waals surface area contributed by atoms with Crippen molar-refractivity contribution in [3.05, 3.63) is 46.4 Å². The Morgan fingerprint density at radius 1 is 1.29 bits per heavy atom. The first-order chi connectivity index (χ1) is 16.9. The van der Waals surface area contributed by atoms with Crippen LogP contribution in [0.5, 0.6) is 5.75 Å². The third-order valence-electron chi connectivity index (χ3n) is 6.83. The average Bonchev–Trinajstić information content (AvgIpc) is 3.24. The number of amides is 1. The van der Waals surface area contributed by atoms with Crippen molar-refractivity contribution in [3.63, 3.8) is 0 Å². The van der Waals surface area contributed by atoms with E-state index in [1.165, 1.54) is 23.5 Å². The average molecular weight is 498 g/mol. The van der Waals surface area contributed by atoms with Gasteiger partial charge in [-0.1, -0.05) is 11.3 Å². The lowest BCUT2D eigenvalue weighted by Crippen LogP contribution is -2.51. The summed E-state index contributed by atoms with van der Waals surface area (Å²) in [6, 6.07) is 7.33. The highest BCUT2D eigenvalue weighted by Crippen LogP contribution is 2.38. The Morgan fingerprint density at radius 3 is 2.71 bits per heavy atom. The lowest BCUT2D eigenvalue weighted by molar-refractivity contribution is 0.102. The third-order valence-corrected chi connectivity index (χ3v) is 7.91. The van der Waals surface area contributed by atoms with Crippen LogP contribution in [0.1, 0.15) is 49.5 Å². The number of hydrogen-bond donors (Lipinski definition) is 2. The van der Waals surface area contributed by atoms with Gasteiger partial charge in [0.25, 0.3) is 11.5 Å². The summed E-state index contributed by atoms with van der Waals surface area (Å²) in [4.78, 5) is 33.3.